The summed E-state index contributed by atoms with van der Waals surface area (Å²) >= 11 is 14.5. The van der Waals surface area contributed by atoms with Gasteiger partial charge in [-0.2, -0.15) is 0 Å². The number of rotatable bonds is 2. The maximum Gasteiger partial charge on any atom is 0.173 e. The number of benzene rings is 1. The molecule has 0 aliphatic carbocycles. The smallest absolute Gasteiger partial charge is 0.173 e. The molecule has 13 heavy (non-hydrogen) atoms. The monoisotopic (exact) mass is 281 g/mol. The molecule has 0 heterocycles. The van der Waals surface area contributed by atoms with Gasteiger partial charge in [-0.15, -0.1) is 0 Å². The predicted molar refractivity (Wildman–Crippen MR) is 59.0 cm³/mol. The first-order chi connectivity index (χ1) is 6.06. The van der Waals surface area contributed by atoms with Gasteiger partial charge >= 0.3 is 0 Å². The molecule has 0 aromatic heterocycles. The quantitative estimate of drug-likeness (QED) is 0.514. The highest BCUT2D eigenvalue weighted by Crippen LogP contribution is 2.29. The zero-order valence-electron chi connectivity index (χ0n) is 6.48. The van der Waals surface area contributed by atoms with Crippen molar-refractivity contribution < 1.29 is 4.79 Å². The molecular weight excluding hydrogens is 277 g/mol. The van der Waals surface area contributed by atoms with E-state index in [1.807, 2.05) is 0 Å². The average molecular weight is 283 g/mol. The maximum absolute atomic E-state index is 11.2. The molecule has 0 fully saturated rings. The largest absolute Gasteiger partial charge is 0.397 e. The van der Waals surface area contributed by atoms with Gasteiger partial charge in [0.2, 0.25) is 0 Å². The van der Waals surface area contributed by atoms with Gasteiger partial charge in [0.1, 0.15) is 0 Å². The van der Waals surface area contributed by atoms with Gasteiger partial charge in [-0.3, -0.25) is 4.79 Å². The molecule has 0 spiro atoms. The van der Waals surface area contributed by atoms with Crippen molar-refractivity contribution in [3.05, 3.63) is 27.7 Å². The molecule has 1 aromatic carbocycles. The first kappa shape index (κ1) is 10.8. The Bertz CT molecular complexity index is 331. The lowest BCUT2D eigenvalue weighted by Crippen LogP contribution is -2.01. The summed E-state index contributed by atoms with van der Waals surface area (Å²) in [5.74, 6) is -0.0785. The Morgan fingerprint density at radius 2 is 2.08 bits per heavy atom. The first-order valence-corrected chi connectivity index (χ1v) is 5.27. The van der Waals surface area contributed by atoms with Crippen molar-refractivity contribution in [1.82, 2.24) is 0 Å². The van der Waals surface area contributed by atoms with Gasteiger partial charge in [0.15, 0.2) is 5.78 Å². The lowest BCUT2D eigenvalue weighted by Gasteiger charge is -2.03. The fraction of sp³-hybridized carbons (Fsp3) is 0.125. The molecule has 1 aromatic rings. The molecule has 2 nitrogen and oxygen atoms in total. The van der Waals surface area contributed by atoms with Crippen LogP contribution in [0.3, 0.4) is 0 Å². The molecule has 70 valence electrons. The fourth-order valence-corrected chi connectivity index (χ4v) is 1.51. The zero-order chi connectivity index (χ0) is 10.0. The van der Waals surface area contributed by atoms with E-state index in [2.05, 4.69) is 15.9 Å². The van der Waals surface area contributed by atoms with Gasteiger partial charge < -0.3 is 5.73 Å². The Balaban J connectivity index is 3.20. The molecule has 1 rings (SSSR count). The van der Waals surface area contributed by atoms with Gasteiger partial charge in [0, 0.05) is 5.56 Å². The van der Waals surface area contributed by atoms with E-state index >= 15 is 0 Å². The Kier molecular flexibility index (Phi) is 3.59. The van der Waals surface area contributed by atoms with Crippen molar-refractivity contribution >= 4 is 50.6 Å². The van der Waals surface area contributed by atoms with Crippen molar-refractivity contribution in [3.63, 3.8) is 0 Å². The molecule has 0 saturated carbocycles. The highest BCUT2D eigenvalue weighted by molar-refractivity contribution is 9.09. The lowest BCUT2D eigenvalue weighted by atomic mass is 10.1. The van der Waals surface area contributed by atoms with Gasteiger partial charge in [-0.05, 0) is 12.1 Å². The summed E-state index contributed by atoms with van der Waals surface area (Å²) in [4.78, 5) is 11.2. The SMILES string of the molecule is Nc1cc(C(=O)CBr)cc(Cl)c1Cl. The number of ketones is 1. The Morgan fingerprint density at radius 3 is 2.54 bits per heavy atom. The standard InChI is InChI=1S/C8H6BrCl2NO/c9-3-7(13)4-1-5(10)8(11)6(12)2-4/h1-2H,3,12H2. The fourth-order valence-electron chi connectivity index (χ4n) is 0.848. The van der Waals surface area contributed by atoms with Crippen LogP contribution in [-0.4, -0.2) is 11.1 Å². The molecule has 0 saturated heterocycles. The molecule has 0 aliphatic heterocycles. The molecule has 0 unspecified atom stereocenters. The van der Waals surface area contributed by atoms with Crippen LogP contribution in [0, 0.1) is 0 Å². The second kappa shape index (κ2) is 4.31. The van der Waals surface area contributed by atoms with E-state index in [9.17, 15) is 4.79 Å². The number of nitrogens with two attached hydrogens (primary N) is 1. The van der Waals surface area contributed by atoms with E-state index in [1.165, 1.54) is 12.1 Å². The van der Waals surface area contributed by atoms with Crippen LogP contribution in [0.5, 0.6) is 0 Å². The molecule has 0 radical (unpaired) electrons. The van der Waals surface area contributed by atoms with E-state index in [1.54, 1.807) is 0 Å². The Hall–Kier alpha value is -0.250. The minimum atomic E-state index is -0.0785. The van der Waals surface area contributed by atoms with Gasteiger partial charge in [0.25, 0.3) is 0 Å². The van der Waals surface area contributed by atoms with Gasteiger partial charge in [-0.1, -0.05) is 39.1 Å². The summed E-state index contributed by atoms with van der Waals surface area (Å²) in [5.41, 5.74) is 6.31. The Morgan fingerprint density at radius 1 is 1.46 bits per heavy atom. The summed E-state index contributed by atoms with van der Waals surface area (Å²) in [6, 6.07) is 3.02. The predicted octanol–water partition coefficient (Wildman–Crippen LogP) is 3.15. The number of halogens is 3. The van der Waals surface area contributed by atoms with Gasteiger partial charge in [0.05, 0.1) is 21.1 Å². The Labute approximate surface area is 94.1 Å². The summed E-state index contributed by atoms with van der Waals surface area (Å²) in [7, 11) is 0. The number of anilines is 1. The summed E-state index contributed by atoms with van der Waals surface area (Å²) in [6.45, 7) is 0. The normalized spacial score (nSPS) is 10.1. The summed E-state index contributed by atoms with van der Waals surface area (Å²) < 4.78 is 0. The van der Waals surface area contributed by atoms with E-state index in [0.717, 1.165) is 0 Å². The molecule has 5 heteroatoms. The van der Waals surface area contributed by atoms with Crippen molar-refractivity contribution in [2.24, 2.45) is 0 Å². The topological polar surface area (TPSA) is 43.1 Å². The maximum atomic E-state index is 11.2. The van der Waals surface area contributed by atoms with Crippen molar-refractivity contribution in [2.45, 2.75) is 0 Å². The third-order valence-corrected chi connectivity index (χ3v) is 2.83. The minimum Gasteiger partial charge on any atom is -0.397 e. The molecule has 0 amide bonds. The third kappa shape index (κ3) is 2.36. The van der Waals surface area contributed by atoms with Crippen LogP contribution < -0.4 is 5.73 Å². The zero-order valence-corrected chi connectivity index (χ0v) is 9.58. The molecule has 0 aliphatic rings. The highest BCUT2D eigenvalue weighted by Gasteiger charge is 2.09. The van der Waals surface area contributed by atoms with Crippen molar-refractivity contribution in [1.29, 1.82) is 0 Å². The second-order valence-corrected chi connectivity index (χ2v) is 3.76. The number of carbonyl (C=O) groups is 1. The van der Waals surface area contributed by atoms with Crippen LogP contribution in [0.25, 0.3) is 0 Å². The number of nitrogen functional groups attached to an aromatic ring is 1. The lowest BCUT2D eigenvalue weighted by molar-refractivity contribution is 0.102. The van der Waals surface area contributed by atoms with Crippen LogP contribution in [0.2, 0.25) is 10.0 Å². The van der Waals surface area contributed by atoms with E-state index in [-0.39, 0.29) is 16.1 Å². The molecule has 2 N–H and O–H groups in total. The van der Waals surface area contributed by atoms with E-state index in [0.29, 0.717) is 16.3 Å². The number of alkyl halides is 1. The van der Waals surface area contributed by atoms with Crippen LogP contribution in [0.4, 0.5) is 5.69 Å². The van der Waals surface area contributed by atoms with E-state index < -0.39 is 0 Å². The van der Waals surface area contributed by atoms with Crippen molar-refractivity contribution in [2.75, 3.05) is 11.1 Å². The van der Waals surface area contributed by atoms with Gasteiger partial charge in [-0.25, -0.2) is 0 Å². The number of hydrogen-bond acceptors (Lipinski definition) is 2. The van der Waals surface area contributed by atoms with Crippen LogP contribution >= 0.6 is 39.1 Å². The third-order valence-electron chi connectivity index (χ3n) is 1.50. The van der Waals surface area contributed by atoms with Crippen LogP contribution in [0.15, 0.2) is 12.1 Å². The van der Waals surface area contributed by atoms with Crippen molar-refractivity contribution in [3.8, 4) is 0 Å². The summed E-state index contributed by atoms with van der Waals surface area (Å²) in [5, 5.41) is 0.823. The second-order valence-electron chi connectivity index (χ2n) is 2.42. The highest BCUT2D eigenvalue weighted by atomic mass is 79.9. The van der Waals surface area contributed by atoms with Crippen LogP contribution in [-0.2, 0) is 0 Å². The molecule has 0 atom stereocenters. The van der Waals surface area contributed by atoms with Crippen LogP contribution in [0.1, 0.15) is 10.4 Å². The van der Waals surface area contributed by atoms with E-state index in [4.69, 9.17) is 28.9 Å². The molecular formula is C8H6BrCl2NO. The minimum absolute atomic E-state index is 0.0785. The number of carbonyl (C=O) groups excluding carboxylic acids is 1. The number of hydrogen-bond donors (Lipinski definition) is 1. The molecule has 0 bridgehead atoms. The number of Topliss-reactive ketones (excluding diaryl/α,β-unsaturated/α-hetero) is 1. The average Bonchev–Trinajstić information content (AvgIpc) is 2.12. The first-order valence-electron chi connectivity index (χ1n) is 3.40. The summed E-state index contributed by atoms with van der Waals surface area (Å²) in [6.07, 6.45) is 0.